The zero-order valence-electron chi connectivity index (χ0n) is 7.19. The Kier molecular flexibility index (Phi) is 3.73. The number of carbonyl (C=O) groups is 1. The van der Waals surface area contributed by atoms with E-state index in [-0.39, 0.29) is 16.7 Å². The van der Waals surface area contributed by atoms with Crippen molar-refractivity contribution in [3.63, 3.8) is 0 Å². The molecule has 7 heteroatoms. The van der Waals surface area contributed by atoms with E-state index in [1.54, 1.807) is 0 Å². The first kappa shape index (κ1) is 10.5. The number of nitrogens with one attached hydrogen (secondary N) is 1. The molecule has 1 aromatic heterocycles. The lowest BCUT2D eigenvalue weighted by atomic mass is 10.1. The number of hydrogen-bond donors (Lipinski definition) is 1. The second-order valence-corrected chi connectivity index (χ2v) is 4.52. The molecule has 72 valence electrons. The molecule has 0 bridgehead atoms. The Morgan fingerprint density at radius 1 is 1.62 bits per heavy atom. The Morgan fingerprint density at radius 3 is 2.77 bits per heavy atom. The minimum Gasteiger partial charge on any atom is -0.298 e. The molecule has 1 unspecified atom stereocenters. The van der Waals surface area contributed by atoms with E-state index in [0.717, 1.165) is 11.5 Å². The highest BCUT2D eigenvalue weighted by Gasteiger charge is 2.19. The first-order chi connectivity index (χ1) is 6.11. The monoisotopic (exact) mass is 264 g/mol. The van der Waals surface area contributed by atoms with E-state index in [4.69, 9.17) is 0 Å². The molecule has 1 atom stereocenters. The summed E-state index contributed by atoms with van der Waals surface area (Å²) in [5.74, 6) is 0.120. The van der Waals surface area contributed by atoms with Crippen molar-refractivity contribution in [1.29, 1.82) is 0 Å². The minimum absolute atomic E-state index is 0.117. The van der Waals surface area contributed by atoms with Gasteiger partial charge in [-0.05, 0) is 11.1 Å². The average molecular weight is 265 g/mol. The van der Waals surface area contributed by atoms with Gasteiger partial charge in [0.2, 0.25) is 11.0 Å². The fourth-order valence-electron chi connectivity index (χ4n) is 0.659. The van der Waals surface area contributed by atoms with Gasteiger partial charge in [0.1, 0.15) is 0 Å². The topological polar surface area (TPSA) is 67.8 Å². The van der Waals surface area contributed by atoms with Crippen molar-refractivity contribution in [2.45, 2.75) is 18.7 Å². The van der Waals surface area contributed by atoms with Crippen LogP contribution in [0.5, 0.6) is 0 Å². The van der Waals surface area contributed by atoms with Crippen molar-refractivity contribution < 1.29 is 4.79 Å². The summed E-state index contributed by atoms with van der Waals surface area (Å²) in [7, 11) is 0. The van der Waals surface area contributed by atoms with Gasteiger partial charge >= 0.3 is 0 Å². The van der Waals surface area contributed by atoms with Crippen molar-refractivity contribution >= 4 is 38.5 Å². The van der Waals surface area contributed by atoms with Crippen LogP contribution in [0.25, 0.3) is 0 Å². The fraction of sp³-hybridized carbons (Fsp3) is 0.667. The molecular formula is C6H9BrN4OS. The van der Waals surface area contributed by atoms with Crippen LogP contribution in [0, 0.1) is 5.92 Å². The van der Waals surface area contributed by atoms with Gasteiger partial charge in [-0.1, -0.05) is 39.4 Å². The van der Waals surface area contributed by atoms with E-state index >= 15 is 0 Å². The van der Waals surface area contributed by atoms with Gasteiger partial charge in [0, 0.05) is 11.5 Å². The molecule has 1 amide bonds. The van der Waals surface area contributed by atoms with Crippen LogP contribution >= 0.6 is 27.5 Å². The number of nitrogens with zero attached hydrogens (tertiary/aromatic N) is 3. The first-order valence-electron chi connectivity index (χ1n) is 3.71. The number of halogens is 1. The van der Waals surface area contributed by atoms with Crippen molar-refractivity contribution in [2.75, 3.05) is 5.32 Å². The van der Waals surface area contributed by atoms with E-state index in [1.165, 1.54) is 0 Å². The Bertz CT molecular complexity index is 276. The smallest absolute Gasteiger partial charge is 0.240 e. The largest absolute Gasteiger partial charge is 0.298 e. The molecule has 13 heavy (non-hydrogen) atoms. The predicted molar refractivity (Wildman–Crippen MR) is 53.9 cm³/mol. The first-order valence-corrected chi connectivity index (χ1v) is 5.40. The molecule has 1 rings (SSSR count). The Labute approximate surface area is 88.2 Å². The van der Waals surface area contributed by atoms with Crippen LogP contribution in [0.1, 0.15) is 13.8 Å². The number of carbonyl (C=O) groups excluding carboxylic acids is 1. The maximum Gasteiger partial charge on any atom is 0.240 e. The predicted octanol–water partition coefficient (Wildman–Crippen LogP) is 1.29. The Hall–Kier alpha value is -0.560. The van der Waals surface area contributed by atoms with Crippen molar-refractivity contribution in [3.8, 4) is 0 Å². The number of amides is 1. The molecule has 5 nitrogen and oxygen atoms in total. The average Bonchev–Trinajstić information content (AvgIpc) is 2.55. The third-order valence-corrected chi connectivity index (χ3v) is 3.35. The van der Waals surface area contributed by atoms with E-state index in [0.29, 0.717) is 5.13 Å². The molecule has 0 fully saturated rings. The molecule has 0 aliphatic rings. The van der Waals surface area contributed by atoms with Crippen LogP contribution in [0.3, 0.4) is 0 Å². The summed E-state index contributed by atoms with van der Waals surface area (Å²) in [6.45, 7) is 3.91. The molecule has 1 aromatic rings. The molecule has 0 spiro atoms. The maximum absolute atomic E-state index is 11.4. The molecule has 0 saturated carbocycles. The van der Waals surface area contributed by atoms with Gasteiger partial charge in [0.25, 0.3) is 0 Å². The summed E-state index contributed by atoms with van der Waals surface area (Å²) >= 11 is 4.33. The SMILES string of the molecule is CC(C)C(Br)C(=O)Nc1nnns1. The lowest BCUT2D eigenvalue weighted by molar-refractivity contribution is -0.116. The highest BCUT2D eigenvalue weighted by molar-refractivity contribution is 9.10. The van der Waals surface area contributed by atoms with E-state index in [1.807, 2.05) is 13.8 Å². The Morgan fingerprint density at radius 2 is 2.31 bits per heavy atom. The second-order valence-electron chi connectivity index (χ2n) is 2.80. The molecular weight excluding hydrogens is 256 g/mol. The quantitative estimate of drug-likeness (QED) is 0.836. The summed E-state index contributed by atoms with van der Waals surface area (Å²) in [5.41, 5.74) is 0. The number of rotatable bonds is 3. The van der Waals surface area contributed by atoms with Crippen LogP contribution in [0.2, 0.25) is 0 Å². The van der Waals surface area contributed by atoms with Crippen molar-refractivity contribution in [1.82, 2.24) is 14.8 Å². The molecule has 0 radical (unpaired) electrons. The highest BCUT2D eigenvalue weighted by atomic mass is 79.9. The third kappa shape index (κ3) is 3.00. The molecule has 0 aromatic carbocycles. The zero-order valence-corrected chi connectivity index (χ0v) is 9.59. The molecule has 1 N–H and O–H groups in total. The summed E-state index contributed by atoms with van der Waals surface area (Å²) < 4.78 is 3.53. The van der Waals surface area contributed by atoms with Crippen molar-refractivity contribution in [3.05, 3.63) is 0 Å². The lowest BCUT2D eigenvalue weighted by Crippen LogP contribution is -2.26. The molecule has 0 aliphatic heterocycles. The van der Waals surface area contributed by atoms with Gasteiger partial charge in [0.15, 0.2) is 0 Å². The standard InChI is InChI=1S/C6H9BrN4OS/c1-3(2)4(7)5(12)8-6-9-10-11-13-6/h3-4H,1-2H3,(H,8,9,11,12). The number of alkyl halides is 1. The van der Waals surface area contributed by atoms with Crippen LogP contribution < -0.4 is 5.32 Å². The van der Waals surface area contributed by atoms with E-state index in [9.17, 15) is 4.79 Å². The molecule has 1 heterocycles. The summed E-state index contributed by atoms with van der Waals surface area (Å²) in [6, 6.07) is 0. The maximum atomic E-state index is 11.4. The summed E-state index contributed by atoms with van der Waals surface area (Å²) in [6.07, 6.45) is 0. The highest BCUT2D eigenvalue weighted by Crippen LogP contribution is 2.15. The number of aromatic nitrogens is 3. The summed E-state index contributed by atoms with van der Waals surface area (Å²) in [4.78, 5) is 11.2. The minimum atomic E-state index is -0.212. The van der Waals surface area contributed by atoms with Crippen LogP contribution in [-0.4, -0.2) is 25.5 Å². The van der Waals surface area contributed by atoms with Gasteiger partial charge in [-0.3, -0.25) is 10.1 Å². The van der Waals surface area contributed by atoms with Gasteiger partial charge in [0.05, 0.1) is 4.83 Å². The van der Waals surface area contributed by atoms with Crippen LogP contribution in [0.15, 0.2) is 0 Å². The third-order valence-electron chi connectivity index (χ3n) is 1.37. The van der Waals surface area contributed by atoms with Gasteiger partial charge in [-0.25, -0.2) is 0 Å². The van der Waals surface area contributed by atoms with Gasteiger partial charge < -0.3 is 0 Å². The van der Waals surface area contributed by atoms with Crippen LogP contribution in [0.4, 0.5) is 5.13 Å². The van der Waals surface area contributed by atoms with Gasteiger partial charge in [-0.2, -0.15) is 0 Å². The van der Waals surface area contributed by atoms with Crippen molar-refractivity contribution in [2.24, 2.45) is 5.92 Å². The van der Waals surface area contributed by atoms with E-state index < -0.39 is 0 Å². The lowest BCUT2D eigenvalue weighted by Gasteiger charge is -2.11. The molecule has 0 aliphatic carbocycles. The Balaban J connectivity index is 2.51. The summed E-state index contributed by atoms with van der Waals surface area (Å²) in [5, 5.41) is 10.00. The van der Waals surface area contributed by atoms with E-state index in [2.05, 4.69) is 36.0 Å². The normalized spacial score (nSPS) is 12.9. The second kappa shape index (κ2) is 4.61. The van der Waals surface area contributed by atoms with Crippen LogP contribution in [-0.2, 0) is 4.79 Å². The molecule has 0 saturated heterocycles. The van der Waals surface area contributed by atoms with Gasteiger partial charge in [-0.15, -0.1) is 0 Å². The number of hydrogen-bond acceptors (Lipinski definition) is 5. The zero-order chi connectivity index (χ0) is 9.84. The number of anilines is 1. The fourth-order valence-corrected chi connectivity index (χ4v) is 1.14.